The third-order valence-electron chi connectivity index (χ3n) is 3.82. The predicted molar refractivity (Wildman–Crippen MR) is 74.8 cm³/mol. The number of fused-ring (bicyclic) bond motifs is 1. The Morgan fingerprint density at radius 2 is 2.14 bits per heavy atom. The van der Waals surface area contributed by atoms with Gasteiger partial charge in [0.15, 0.2) is 11.6 Å². The molecule has 1 aromatic heterocycles. The zero-order valence-electron chi connectivity index (χ0n) is 11.9. The van der Waals surface area contributed by atoms with Crippen LogP contribution in [-0.4, -0.2) is 21.3 Å². The maximum Gasteiger partial charge on any atom is 0.159 e. The highest BCUT2D eigenvalue weighted by atomic mass is 19.2. The number of hydrogen-bond donors (Lipinski definition) is 1. The second-order valence-electron chi connectivity index (χ2n) is 5.35. The first kappa shape index (κ1) is 14.1. The molecule has 4 nitrogen and oxygen atoms in total. The van der Waals surface area contributed by atoms with Gasteiger partial charge in [0.05, 0.1) is 6.04 Å². The zero-order valence-corrected chi connectivity index (χ0v) is 11.9. The molecular weight excluding hydrogens is 274 g/mol. The second kappa shape index (κ2) is 5.89. The molecule has 6 heteroatoms. The van der Waals surface area contributed by atoms with Crippen molar-refractivity contribution < 1.29 is 8.78 Å². The van der Waals surface area contributed by atoms with Crippen LogP contribution >= 0.6 is 0 Å². The Hall–Kier alpha value is -1.82. The number of rotatable bonds is 4. The lowest BCUT2D eigenvalue weighted by Crippen LogP contribution is -2.34. The molecule has 1 aromatic carbocycles. The summed E-state index contributed by atoms with van der Waals surface area (Å²) in [5, 5.41) is 11.9. The van der Waals surface area contributed by atoms with Crippen molar-refractivity contribution in [3.05, 3.63) is 47.0 Å². The van der Waals surface area contributed by atoms with Gasteiger partial charge < -0.3 is 9.88 Å². The van der Waals surface area contributed by atoms with Crippen LogP contribution in [0.4, 0.5) is 8.78 Å². The number of halogens is 2. The summed E-state index contributed by atoms with van der Waals surface area (Å²) in [6.45, 7) is 3.82. The standard InChI is InChI=1S/C15H18F2N4/c1-2-3-13-15-20-19-14(21(15)7-6-18-13)9-10-4-5-11(16)12(17)8-10/h4-5,8,13,18H,2-3,6-7,9H2,1H3. The third kappa shape index (κ3) is 2.81. The first-order chi connectivity index (χ1) is 10.2. The van der Waals surface area contributed by atoms with Crippen LogP contribution in [0.5, 0.6) is 0 Å². The Balaban J connectivity index is 1.85. The zero-order chi connectivity index (χ0) is 14.8. The lowest BCUT2D eigenvalue weighted by Gasteiger charge is -2.24. The molecule has 1 aliphatic rings. The summed E-state index contributed by atoms with van der Waals surface area (Å²) in [4.78, 5) is 0. The van der Waals surface area contributed by atoms with Crippen molar-refractivity contribution in [2.45, 2.75) is 38.8 Å². The van der Waals surface area contributed by atoms with Crippen molar-refractivity contribution in [2.75, 3.05) is 6.54 Å². The summed E-state index contributed by atoms with van der Waals surface area (Å²) in [6, 6.07) is 4.20. The van der Waals surface area contributed by atoms with Crippen LogP contribution in [0.3, 0.4) is 0 Å². The predicted octanol–water partition coefficient (Wildman–Crippen LogP) is 2.59. The number of nitrogens with zero attached hydrogens (tertiary/aromatic N) is 3. The Morgan fingerprint density at radius 1 is 1.29 bits per heavy atom. The molecular formula is C15H18F2N4. The van der Waals surface area contributed by atoms with Gasteiger partial charge >= 0.3 is 0 Å². The monoisotopic (exact) mass is 292 g/mol. The SMILES string of the molecule is CCCC1NCCn2c(Cc3ccc(F)c(F)c3)nnc21. The lowest BCUT2D eigenvalue weighted by molar-refractivity contribution is 0.388. The molecule has 0 fully saturated rings. The maximum atomic E-state index is 13.3. The first-order valence-corrected chi connectivity index (χ1v) is 7.28. The normalized spacial score (nSPS) is 17.8. The van der Waals surface area contributed by atoms with Gasteiger partial charge in [-0.1, -0.05) is 19.4 Å². The van der Waals surface area contributed by atoms with E-state index in [2.05, 4.69) is 27.0 Å². The molecule has 112 valence electrons. The highest BCUT2D eigenvalue weighted by molar-refractivity contribution is 5.22. The van der Waals surface area contributed by atoms with Crippen LogP contribution in [0.25, 0.3) is 0 Å². The fraction of sp³-hybridized carbons (Fsp3) is 0.467. The second-order valence-corrected chi connectivity index (χ2v) is 5.35. The van der Waals surface area contributed by atoms with Crippen molar-refractivity contribution in [2.24, 2.45) is 0 Å². The minimum absolute atomic E-state index is 0.231. The Kier molecular flexibility index (Phi) is 3.96. The van der Waals surface area contributed by atoms with E-state index in [1.54, 1.807) is 6.07 Å². The van der Waals surface area contributed by atoms with Gasteiger partial charge in [0.1, 0.15) is 11.6 Å². The Morgan fingerprint density at radius 3 is 2.90 bits per heavy atom. The number of hydrogen-bond acceptors (Lipinski definition) is 3. The summed E-state index contributed by atoms with van der Waals surface area (Å²) in [5.41, 5.74) is 0.703. The van der Waals surface area contributed by atoms with Crippen molar-refractivity contribution in [3.63, 3.8) is 0 Å². The molecule has 1 N–H and O–H groups in total. The molecule has 2 aromatic rings. The van der Waals surface area contributed by atoms with Crippen LogP contribution in [0.15, 0.2) is 18.2 Å². The van der Waals surface area contributed by atoms with E-state index >= 15 is 0 Å². The fourth-order valence-corrected chi connectivity index (χ4v) is 2.78. The van der Waals surface area contributed by atoms with E-state index in [0.717, 1.165) is 43.6 Å². The fourth-order valence-electron chi connectivity index (χ4n) is 2.78. The quantitative estimate of drug-likeness (QED) is 0.942. The number of nitrogens with one attached hydrogen (secondary N) is 1. The Bertz CT molecular complexity index is 639. The minimum atomic E-state index is -0.825. The van der Waals surface area contributed by atoms with Crippen molar-refractivity contribution in [1.82, 2.24) is 20.1 Å². The van der Waals surface area contributed by atoms with Crippen LogP contribution in [0.2, 0.25) is 0 Å². The molecule has 0 bridgehead atoms. The molecule has 3 rings (SSSR count). The molecule has 2 heterocycles. The van der Waals surface area contributed by atoms with Gasteiger partial charge in [-0.3, -0.25) is 0 Å². The Labute approximate surface area is 122 Å². The van der Waals surface area contributed by atoms with Gasteiger partial charge in [-0.05, 0) is 24.1 Å². The van der Waals surface area contributed by atoms with Crippen molar-refractivity contribution >= 4 is 0 Å². The van der Waals surface area contributed by atoms with E-state index in [9.17, 15) is 8.78 Å². The summed E-state index contributed by atoms with van der Waals surface area (Å²) < 4.78 is 28.3. The average Bonchev–Trinajstić information content (AvgIpc) is 2.88. The molecule has 1 unspecified atom stereocenters. The largest absolute Gasteiger partial charge is 0.312 e. The van der Waals surface area contributed by atoms with Gasteiger partial charge in [0.25, 0.3) is 0 Å². The molecule has 0 saturated carbocycles. The van der Waals surface area contributed by atoms with E-state index in [1.807, 2.05) is 0 Å². The topological polar surface area (TPSA) is 42.7 Å². The number of aromatic nitrogens is 3. The van der Waals surface area contributed by atoms with Gasteiger partial charge in [0.2, 0.25) is 0 Å². The van der Waals surface area contributed by atoms with E-state index in [0.29, 0.717) is 12.0 Å². The first-order valence-electron chi connectivity index (χ1n) is 7.28. The maximum absolute atomic E-state index is 13.3. The highest BCUT2D eigenvalue weighted by Crippen LogP contribution is 2.22. The van der Waals surface area contributed by atoms with Crippen LogP contribution in [0, 0.1) is 11.6 Å². The van der Waals surface area contributed by atoms with E-state index in [-0.39, 0.29) is 6.04 Å². The molecule has 0 spiro atoms. The number of benzene rings is 1. The van der Waals surface area contributed by atoms with Crippen LogP contribution in [-0.2, 0) is 13.0 Å². The van der Waals surface area contributed by atoms with E-state index in [1.165, 1.54) is 6.07 Å². The van der Waals surface area contributed by atoms with Gasteiger partial charge in [-0.2, -0.15) is 0 Å². The van der Waals surface area contributed by atoms with E-state index < -0.39 is 11.6 Å². The smallest absolute Gasteiger partial charge is 0.159 e. The molecule has 1 aliphatic heterocycles. The molecule has 0 radical (unpaired) electrons. The van der Waals surface area contributed by atoms with Crippen LogP contribution < -0.4 is 5.32 Å². The molecule has 21 heavy (non-hydrogen) atoms. The minimum Gasteiger partial charge on any atom is -0.312 e. The van der Waals surface area contributed by atoms with Crippen molar-refractivity contribution in [3.8, 4) is 0 Å². The molecule has 0 saturated heterocycles. The summed E-state index contributed by atoms with van der Waals surface area (Å²) in [6.07, 6.45) is 2.55. The van der Waals surface area contributed by atoms with Gasteiger partial charge in [0, 0.05) is 19.5 Å². The van der Waals surface area contributed by atoms with Gasteiger partial charge in [-0.25, -0.2) is 8.78 Å². The summed E-state index contributed by atoms with van der Waals surface area (Å²) in [7, 11) is 0. The lowest BCUT2D eigenvalue weighted by atomic mass is 10.1. The van der Waals surface area contributed by atoms with E-state index in [4.69, 9.17) is 0 Å². The summed E-state index contributed by atoms with van der Waals surface area (Å²) in [5.74, 6) is 0.102. The van der Waals surface area contributed by atoms with Crippen molar-refractivity contribution in [1.29, 1.82) is 0 Å². The molecule has 1 atom stereocenters. The molecule has 0 amide bonds. The average molecular weight is 292 g/mol. The highest BCUT2D eigenvalue weighted by Gasteiger charge is 2.24. The van der Waals surface area contributed by atoms with Crippen LogP contribution in [0.1, 0.15) is 43.0 Å². The summed E-state index contributed by atoms with van der Waals surface area (Å²) >= 11 is 0. The third-order valence-corrected chi connectivity index (χ3v) is 3.82. The molecule has 0 aliphatic carbocycles. The van der Waals surface area contributed by atoms with Gasteiger partial charge in [-0.15, -0.1) is 10.2 Å².